The molecule has 0 bridgehead atoms. The molecule has 1 aliphatic heterocycles. The average Bonchev–Trinajstić information content (AvgIpc) is 2.29. The van der Waals surface area contributed by atoms with Crippen LogP contribution in [0, 0.1) is 0 Å². The number of sulfone groups is 1. The molecule has 6 heteroatoms. The quantitative estimate of drug-likeness (QED) is 0.790. The summed E-state index contributed by atoms with van der Waals surface area (Å²) in [5.74, 6) is -0.0603. The van der Waals surface area contributed by atoms with Gasteiger partial charge in [0, 0.05) is 5.56 Å². The maximum Gasteiger partial charge on any atom is 0.215 e. The summed E-state index contributed by atoms with van der Waals surface area (Å²) in [6, 6.07) is 4.24. The van der Waals surface area contributed by atoms with E-state index in [0.717, 1.165) is 0 Å². The summed E-state index contributed by atoms with van der Waals surface area (Å²) in [6.07, 6.45) is 0. The number of phenols is 1. The van der Waals surface area contributed by atoms with Crippen molar-refractivity contribution in [3.8, 4) is 5.75 Å². The summed E-state index contributed by atoms with van der Waals surface area (Å²) in [4.78, 5) is 0.122. The van der Waals surface area contributed by atoms with Crippen molar-refractivity contribution in [2.45, 2.75) is 4.90 Å². The molecule has 0 saturated carbocycles. The lowest BCUT2D eigenvalue weighted by Gasteiger charge is -1.99. The molecule has 0 atom stereocenters. The van der Waals surface area contributed by atoms with E-state index in [-0.39, 0.29) is 14.5 Å². The van der Waals surface area contributed by atoms with Crippen LogP contribution in [0.4, 0.5) is 0 Å². The van der Waals surface area contributed by atoms with E-state index in [4.69, 9.17) is 0 Å². The molecule has 0 aromatic heterocycles. The largest absolute Gasteiger partial charge is 0.508 e. The highest BCUT2D eigenvalue weighted by molar-refractivity contribution is 9.17. The highest BCUT2D eigenvalue weighted by atomic mass is 79.9. The van der Waals surface area contributed by atoms with E-state index >= 15 is 0 Å². The van der Waals surface area contributed by atoms with E-state index in [9.17, 15) is 13.5 Å². The molecule has 1 aromatic rings. The standard InChI is InChI=1S/C8H4Br2O3S/c9-7-5-2-1-4(11)3-6(5)14(12,13)8(7)10/h1-3,11H. The van der Waals surface area contributed by atoms with Gasteiger partial charge in [-0.05, 0) is 50.1 Å². The van der Waals surface area contributed by atoms with Gasteiger partial charge in [-0.1, -0.05) is 0 Å². The van der Waals surface area contributed by atoms with Gasteiger partial charge in [0.25, 0.3) is 0 Å². The number of hydrogen-bond acceptors (Lipinski definition) is 3. The number of fused-ring (bicyclic) bond motifs is 1. The molecule has 14 heavy (non-hydrogen) atoms. The molecule has 0 aliphatic carbocycles. The molecule has 1 heterocycles. The van der Waals surface area contributed by atoms with E-state index < -0.39 is 9.84 Å². The Bertz CT molecular complexity index is 546. The number of halogens is 2. The van der Waals surface area contributed by atoms with Crippen LogP contribution in [-0.4, -0.2) is 13.5 Å². The van der Waals surface area contributed by atoms with Crippen LogP contribution in [-0.2, 0) is 9.84 Å². The van der Waals surface area contributed by atoms with Gasteiger partial charge in [0.05, 0.1) is 9.38 Å². The van der Waals surface area contributed by atoms with Gasteiger partial charge in [0.2, 0.25) is 9.84 Å². The van der Waals surface area contributed by atoms with Crippen molar-refractivity contribution in [3.05, 3.63) is 27.6 Å². The van der Waals surface area contributed by atoms with Crippen molar-refractivity contribution in [2.75, 3.05) is 0 Å². The molecular formula is C8H4Br2O3S. The van der Waals surface area contributed by atoms with E-state index in [0.29, 0.717) is 10.0 Å². The number of benzene rings is 1. The lowest BCUT2D eigenvalue weighted by molar-refractivity contribution is 0.473. The third-order valence-corrected chi connectivity index (χ3v) is 6.79. The van der Waals surface area contributed by atoms with Crippen molar-refractivity contribution in [3.63, 3.8) is 0 Å². The molecule has 0 fully saturated rings. The maximum absolute atomic E-state index is 11.7. The summed E-state index contributed by atoms with van der Waals surface area (Å²) in [7, 11) is -3.47. The Labute approximate surface area is 97.6 Å². The van der Waals surface area contributed by atoms with Gasteiger partial charge in [-0.3, -0.25) is 0 Å². The molecule has 0 unspecified atom stereocenters. The molecule has 0 amide bonds. The van der Waals surface area contributed by atoms with Gasteiger partial charge in [0.15, 0.2) is 0 Å². The zero-order valence-corrected chi connectivity index (χ0v) is 10.6. The zero-order valence-electron chi connectivity index (χ0n) is 6.66. The predicted molar refractivity (Wildman–Crippen MR) is 60.1 cm³/mol. The normalized spacial score (nSPS) is 18.4. The molecule has 0 spiro atoms. The van der Waals surface area contributed by atoms with Crippen LogP contribution in [0.15, 0.2) is 26.9 Å². The molecule has 3 nitrogen and oxygen atoms in total. The summed E-state index contributed by atoms with van der Waals surface area (Å²) < 4.78 is 24.0. The molecule has 1 aromatic carbocycles. The fraction of sp³-hybridized carbons (Fsp3) is 0. The maximum atomic E-state index is 11.7. The molecule has 2 rings (SSSR count). The first-order valence-electron chi connectivity index (χ1n) is 3.58. The van der Waals surface area contributed by atoms with E-state index in [2.05, 4.69) is 31.9 Å². The number of phenolic OH excluding ortho intramolecular Hbond substituents is 1. The van der Waals surface area contributed by atoms with Crippen molar-refractivity contribution < 1.29 is 13.5 Å². The number of rotatable bonds is 0. The van der Waals surface area contributed by atoms with Gasteiger partial charge < -0.3 is 5.11 Å². The van der Waals surface area contributed by atoms with Crippen LogP contribution in [0.2, 0.25) is 0 Å². The van der Waals surface area contributed by atoms with Crippen molar-refractivity contribution >= 4 is 46.2 Å². The Morgan fingerprint density at radius 3 is 2.50 bits per heavy atom. The minimum Gasteiger partial charge on any atom is -0.508 e. The Morgan fingerprint density at radius 2 is 1.86 bits per heavy atom. The molecule has 1 aliphatic rings. The lowest BCUT2D eigenvalue weighted by atomic mass is 10.2. The SMILES string of the molecule is O=S1(=O)C(Br)=C(Br)c2ccc(O)cc21. The van der Waals surface area contributed by atoms with Crippen molar-refractivity contribution in [1.82, 2.24) is 0 Å². The van der Waals surface area contributed by atoms with Gasteiger partial charge in [-0.2, -0.15) is 0 Å². The molecule has 0 saturated heterocycles. The molecule has 74 valence electrons. The summed E-state index contributed by atoms with van der Waals surface area (Å²) in [6.45, 7) is 0. The number of aromatic hydroxyl groups is 1. The summed E-state index contributed by atoms with van der Waals surface area (Å²) >= 11 is 6.17. The third-order valence-electron chi connectivity index (χ3n) is 1.90. The first-order chi connectivity index (χ1) is 6.44. The Balaban J connectivity index is 2.87. The van der Waals surface area contributed by atoms with Crippen LogP contribution < -0.4 is 0 Å². The second kappa shape index (κ2) is 3.08. The second-order valence-electron chi connectivity index (χ2n) is 2.77. The van der Waals surface area contributed by atoms with E-state index in [1.807, 2.05) is 0 Å². The minimum atomic E-state index is -3.47. The highest BCUT2D eigenvalue weighted by Gasteiger charge is 2.33. The van der Waals surface area contributed by atoms with Gasteiger partial charge in [-0.25, -0.2) is 8.42 Å². The van der Waals surface area contributed by atoms with Gasteiger partial charge in [-0.15, -0.1) is 0 Å². The minimum absolute atomic E-state index is 0.0603. The van der Waals surface area contributed by atoms with Crippen LogP contribution in [0.25, 0.3) is 4.48 Å². The monoisotopic (exact) mass is 338 g/mol. The van der Waals surface area contributed by atoms with Crippen LogP contribution in [0.1, 0.15) is 5.56 Å². The Kier molecular flexibility index (Phi) is 2.24. The van der Waals surface area contributed by atoms with Crippen LogP contribution in [0.5, 0.6) is 5.75 Å². The lowest BCUT2D eigenvalue weighted by Crippen LogP contribution is -1.95. The van der Waals surface area contributed by atoms with Gasteiger partial charge in [0.1, 0.15) is 9.56 Å². The Hall–Kier alpha value is -0.330. The fourth-order valence-corrected chi connectivity index (χ4v) is 4.36. The first kappa shape index (κ1) is 10.2. The van der Waals surface area contributed by atoms with Crippen molar-refractivity contribution in [2.24, 2.45) is 0 Å². The summed E-state index contributed by atoms with van der Waals surface area (Å²) in [5.41, 5.74) is 0.565. The van der Waals surface area contributed by atoms with E-state index in [1.54, 1.807) is 6.07 Å². The smallest absolute Gasteiger partial charge is 0.215 e. The fourth-order valence-electron chi connectivity index (χ4n) is 1.24. The van der Waals surface area contributed by atoms with Crippen LogP contribution >= 0.6 is 31.9 Å². The van der Waals surface area contributed by atoms with Crippen molar-refractivity contribution in [1.29, 1.82) is 0 Å². The molecule has 0 radical (unpaired) electrons. The van der Waals surface area contributed by atoms with Gasteiger partial charge >= 0.3 is 0 Å². The first-order valence-corrected chi connectivity index (χ1v) is 6.65. The zero-order chi connectivity index (χ0) is 10.5. The van der Waals surface area contributed by atoms with E-state index in [1.165, 1.54) is 12.1 Å². The topological polar surface area (TPSA) is 54.4 Å². The predicted octanol–water partition coefficient (Wildman–Crippen LogP) is 2.60. The van der Waals surface area contributed by atoms with Crippen LogP contribution in [0.3, 0.4) is 0 Å². The Morgan fingerprint density at radius 1 is 1.21 bits per heavy atom. The average molecular weight is 340 g/mol. The molecule has 1 N–H and O–H groups in total. The second-order valence-corrected chi connectivity index (χ2v) is 6.74. The molecular weight excluding hydrogens is 336 g/mol. The number of hydrogen-bond donors (Lipinski definition) is 1. The summed E-state index contributed by atoms with van der Waals surface area (Å²) in [5, 5.41) is 9.19. The third kappa shape index (κ3) is 1.24. The highest BCUT2D eigenvalue weighted by Crippen LogP contribution is 2.45.